The van der Waals surface area contributed by atoms with E-state index in [0.29, 0.717) is 28.7 Å². The summed E-state index contributed by atoms with van der Waals surface area (Å²) in [6.45, 7) is 6.85. The standard InChI is InChI=1S/C27H28F2N6O3/c1-18-26(17-31-35(18)22-3-4-23(28)24(29)15-22)38-27(36)32-20-2-5-25(19(14-20)16-30)34-8-6-21(7-9-34)33-10-12-37-13-11-33/h2-5,14-15,17,21H,6-13H2,1H3,(H,32,36). The molecular weight excluding hydrogens is 494 g/mol. The highest BCUT2D eigenvalue weighted by Gasteiger charge is 2.27. The number of nitrogens with one attached hydrogen (secondary N) is 1. The fourth-order valence-electron chi connectivity index (χ4n) is 5.01. The Balaban J connectivity index is 1.21. The Morgan fingerprint density at radius 3 is 2.58 bits per heavy atom. The summed E-state index contributed by atoms with van der Waals surface area (Å²) in [5, 5.41) is 16.5. The van der Waals surface area contributed by atoms with E-state index in [4.69, 9.17) is 9.47 Å². The summed E-state index contributed by atoms with van der Waals surface area (Å²) in [5.74, 6) is -1.81. The smallest absolute Gasteiger partial charge is 0.406 e. The Morgan fingerprint density at radius 1 is 1.11 bits per heavy atom. The largest absolute Gasteiger partial charge is 0.417 e. The molecule has 0 radical (unpaired) electrons. The lowest BCUT2D eigenvalue weighted by atomic mass is 10.0. The molecule has 198 valence electrons. The maximum Gasteiger partial charge on any atom is 0.417 e. The molecule has 2 aliphatic rings. The van der Waals surface area contributed by atoms with Gasteiger partial charge in [-0.3, -0.25) is 10.2 Å². The van der Waals surface area contributed by atoms with Crippen LogP contribution in [0.5, 0.6) is 5.75 Å². The SMILES string of the molecule is Cc1c(OC(=O)Nc2ccc(N3CCC(N4CCOCC4)CC3)c(C#N)c2)cnn1-c1ccc(F)c(F)c1. The van der Waals surface area contributed by atoms with Crippen molar-refractivity contribution in [2.75, 3.05) is 49.6 Å². The molecule has 5 rings (SSSR count). The van der Waals surface area contributed by atoms with Crippen LogP contribution in [0.25, 0.3) is 5.69 Å². The van der Waals surface area contributed by atoms with Crippen LogP contribution >= 0.6 is 0 Å². The van der Waals surface area contributed by atoms with Crippen LogP contribution in [0.15, 0.2) is 42.6 Å². The summed E-state index contributed by atoms with van der Waals surface area (Å²) < 4.78 is 39.1. The minimum atomic E-state index is -1.00. The first kappa shape index (κ1) is 25.6. The molecule has 2 saturated heterocycles. The second kappa shape index (κ2) is 11.2. The van der Waals surface area contributed by atoms with Gasteiger partial charge in [0.05, 0.1) is 42.0 Å². The highest BCUT2D eigenvalue weighted by molar-refractivity contribution is 5.87. The van der Waals surface area contributed by atoms with Crippen LogP contribution in [-0.4, -0.2) is 66.2 Å². The van der Waals surface area contributed by atoms with Crippen molar-refractivity contribution in [2.24, 2.45) is 0 Å². The zero-order chi connectivity index (χ0) is 26.6. The molecule has 0 atom stereocenters. The number of carbonyl (C=O) groups excluding carboxylic acids is 1. The number of nitriles is 1. The highest BCUT2D eigenvalue weighted by Crippen LogP contribution is 2.29. The van der Waals surface area contributed by atoms with Gasteiger partial charge in [-0.25, -0.2) is 18.3 Å². The highest BCUT2D eigenvalue weighted by atomic mass is 19.2. The topological polar surface area (TPSA) is 95.7 Å². The van der Waals surface area contributed by atoms with Gasteiger partial charge in [-0.2, -0.15) is 10.4 Å². The minimum Gasteiger partial charge on any atom is -0.406 e. The van der Waals surface area contributed by atoms with Crippen molar-refractivity contribution in [1.29, 1.82) is 5.26 Å². The molecule has 0 saturated carbocycles. The number of amides is 1. The van der Waals surface area contributed by atoms with Crippen LogP contribution in [0.2, 0.25) is 0 Å². The summed E-state index contributed by atoms with van der Waals surface area (Å²) in [5.41, 5.74) is 2.45. The summed E-state index contributed by atoms with van der Waals surface area (Å²) in [6.07, 6.45) is 2.60. The number of hydrogen-bond acceptors (Lipinski definition) is 7. The van der Waals surface area contributed by atoms with E-state index < -0.39 is 17.7 Å². The molecule has 0 bridgehead atoms. The average Bonchev–Trinajstić information content (AvgIpc) is 3.30. The summed E-state index contributed by atoms with van der Waals surface area (Å²) in [6, 6.07) is 11.4. The normalized spacial score (nSPS) is 16.7. The van der Waals surface area contributed by atoms with Gasteiger partial charge in [0.2, 0.25) is 0 Å². The molecule has 1 amide bonds. The van der Waals surface area contributed by atoms with Gasteiger partial charge in [0.1, 0.15) is 6.07 Å². The summed E-state index contributed by atoms with van der Waals surface area (Å²) in [7, 11) is 0. The fourth-order valence-corrected chi connectivity index (χ4v) is 5.01. The van der Waals surface area contributed by atoms with Crippen molar-refractivity contribution in [2.45, 2.75) is 25.8 Å². The zero-order valence-electron chi connectivity index (χ0n) is 21.0. The van der Waals surface area contributed by atoms with Crippen molar-refractivity contribution >= 4 is 17.5 Å². The second-order valence-corrected chi connectivity index (χ2v) is 9.33. The predicted octanol–water partition coefficient (Wildman–Crippen LogP) is 4.24. The predicted molar refractivity (Wildman–Crippen MR) is 137 cm³/mol. The molecular formula is C27H28F2N6O3. The van der Waals surface area contributed by atoms with E-state index in [9.17, 15) is 18.8 Å². The number of benzene rings is 2. The van der Waals surface area contributed by atoms with Crippen molar-refractivity contribution in [1.82, 2.24) is 14.7 Å². The first-order valence-electron chi connectivity index (χ1n) is 12.5. The summed E-state index contributed by atoms with van der Waals surface area (Å²) in [4.78, 5) is 17.3. The maximum atomic E-state index is 13.6. The number of hydrogen-bond donors (Lipinski definition) is 1. The molecule has 0 spiro atoms. The second-order valence-electron chi connectivity index (χ2n) is 9.33. The summed E-state index contributed by atoms with van der Waals surface area (Å²) >= 11 is 0. The van der Waals surface area contributed by atoms with E-state index in [0.717, 1.165) is 70.1 Å². The first-order valence-corrected chi connectivity index (χ1v) is 12.5. The molecule has 3 aromatic rings. The molecule has 1 aromatic heterocycles. The first-order chi connectivity index (χ1) is 18.4. The molecule has 38 heavy (non-hydrogen) atoms. The lowest BCUT2D eigenvalue weighted by Gasteiger charge is -2.41. The van der Waals surface area contributed by atoms with Crippen molar-refractivity contribution in [3.05, 3.63) is 65.5 Å². The average molecular weight is 523 g/mol. The molecule has 1 N–H and O–H groups in total. The third-order valence-electron chi connectivity index (χ3n) is 7.05. The lowest BCUT2D eigenvalue weighted by molar-refractivity contribution is 0.0115. The monoisotopic (exact) mass is 522 g/mol. The third kappa shape index (κ3) is 5.46. The molecule has 2 fully saturated rings. The van der Waals surface area contributed by atoms with Gasteiger partial charge in [0, 0.05) is 44.0 Å². The fraction of sp³-hybridized carbons (Fsp3) is 0.370. The van der Waals surface area contributed by atoms with E-state index in [1.807, 2.05) is 6.07 Å². The Bertz CT molecular complexity index is 1360. The third-order valence-corrected chi connectivity index (χ3v) is 7.05. The van der Waals surface area contributed by atoms with E-state index in [2.05, 4.69) is 26.3 Å². The van der Waals surface area contributed by atoms with Gasteiger partial charge in [0.15, 0.2) is 17.4 Å². The number of rotatable bonds is 5. The Hall–Kier alpha value is -4.01. The van der Waals surface area contributed by atoms with E-state index in [1.54, 1.807) is 19.1 Å². The van der Waals surface area contributed by atoms with Gasteiger partial charge in [-0.15, -0.1) is 0 Å². The van der Waals surface area contributed by atoms with E-state index >= 15 is 0 Å². The Kier molecular flexibility index (Phi) is 7.53. The number of halogens is 2. The molecule has 3 heterocycles. The number of nitrogens with zero attached hydrogens (tertiary/aromatic N) is 5. The molecule has 11 heteroatoms. The number of piperidine rings is 1. The van der Waals surface area contributed by atoms with Gasteiger partial charge in [-0.1, -0.05) is 0 Å². The lowest BCUT2D eigenvalue weighted by Crippen LogP contribution is -2.49. The van der Waals surface area contributed by atoms with Gasteiger partial charge >= 0.3 is 6.09 Å². The van der Waals surface area contributed by atoms with E-state index in [-0.39, 0.29) is 5.75 Å². The van der Waals surface area contributed by atoms with Crippen molar-refractivity contribution < 1.29 is 23.0 Å². The van der Waals surface area contributed by atoms with Crippen LogP contribution in [-0.2, 0) is 4.74 Å². The Morgan fingerprint density at radius 2 is 1.87 bits per heavy atom. The van der Waals surface area contributed by atoms with Gasteiger partial charge < -0.3 is 14.4 Å². The van der Waals surface area contributed by atoms with Gasteiger partial charge in [-0.05, 0) is 50.1 Å². The van der Waals surface area contributed by atoms with Gasteiger partial charge in [0.25, 0.3) is 0 Å². The molecule has 0 aliphatic carbocycles. The van der Waals surface area contributed by atoms with Crippen molar-refractivity contribution in [3.63, 3.8) is 0 Å². The van der Waals surface area contributed by atoms with Crippen LogP contribution in [0.3, 0.4) is 0 Å². The van der Waals surface area contributed by atoms with Crippen molar-refractivity contribution in [3.8, 4) is 17.5 Å². The number of ether oxygens (including phenoxy) is 2. The minimum absolute atomic E-state index is 0.160. The van der Waals surface area contributed by atoms with E-state index in [1.165, 1.54) is 16.9 Å². The molecule has 9 nitrogen and oxygen atoms in total. The number of anilines is 2. The van der Waals surface area contributed by atoms with Crippen LogP contribution in [0.4, 0.5) is 25.0 Å². The zero-order valence-corrected chi connectivity index (χ0v) is 21.0. The number of morpholine rings is 1. The number of aromatic nitrogens is 2. The maximum absolute atomic E-state index is 13.6. The Labute approximate surface area is 219 Å². The number of carbonyl (C=O) groups is 1. The van der Waals surface area contributed by atoms with Crippen LogP contribution in [0.1, 0.15) is 24.1 Å². The molecule has 2 aliphatic heterocycles. The molecule has 2 aromatic carbocycles. The molecule has 0 unspecified atom stereocenters. The van der Waals surface area contributed by atoms with Crippen LogP contribution < -0.4 is 15.0 Å². The van der Waals surface area contributed by atoms with Crippen LogP contribution in [0, 0.1) is 29.9 Å². The quantitative estimate of drug-likeness (QED) is 0.536.